The lowest BCUT2D eigenvalue weighted by atomic mass is 9.99. The number of benzene rings is 1. The summed E-state index contributed by atoms with van der Waals surface area (Å²) in [5, 5.41) is 9.91. The zero-order chi connectivity index (χ0) is 24.3. The first-order chi connectivity index (χ1) is 16.4. The number of aromatic nitrogens is 3. The van der Waals surface area contributed by atoms with Crippen molar-refractivity contribution < 1.29 is 23.6 Å². The number of hydrogen-bond acceptors (Lipinski definition) is 9. The predicted octanol–water partition coefficient (Wildman–Crippen LogP) is 1.95. The van der Waals surface area contributed by atoms with Gasteiger partial charge in [-0.05, 0) is 31.0 Å². The highest BCUT2D eigenvalue weighted by Gasteiger charge is 2.51. The molecule has 0 unspecified atom stereocenters. The smallest absolute Gasteiger partial charge is 0.254 e. The second-order valence-corrected chi connectivity index (χ2v) is 7.91. The van der Waals surface area contributed by atoms with Gasteiger partial charge < -0.3 is 30.4 Å². The third-order valence-electron chi connectivity index (χ3n) is 5.81. The van der Waals surface area contributed by atoms with Crippen LogP contribution in [0.25, 0.3) is 11.4 Å². The SMILES string of the molecule is CNC(=O)c1cnc(C2(C(N)=O)CC2)cc1Nc1cccc(-c2noc(CCOC)n2)c1OC. The number of pyridine rings is 1. The molecular weight excluding hydrogens is 440 g/mol. The summed E-state index contributed by atoms with van der Waals surface area (Å²) in [4.78, 5) is 33.3. The number of nitrogens with two attached hydrogens (primary N) is 1. The molecular formula is C23H26N6O5. The van der Waals surface area contributed by atoms with E-state index in [0.29, 0.717) is 71.5 Å². The Morgan fingerprint density at radius 3 is 2.68 bits per heavy atom. The van der Waals surface area contributed by atoms with Gasteiger partial charge in [-0.1, -0.05) is 11.2 Å². The molecule has 11 heteroatoms. The fourth-order valence-electron chi connectivity index (χ4n) is 3.72. The van der Waals surface area contributed by atoms with Crippen molar-refractivity contribution in [3.05, 3.63) is 47.6 Å². The first-order valence-corrected chi connectivity index (χ1v) is 10.7. The van der Waals surface area contributed by atoms with Crippen LogP contribution in [-0.4, -0.2) is 54.8 Å². The minimum Gasteiger partial charge on any atom is -0.494 e. The van der Waals surface area contributed by atoms with Crippen molar-refractivity contribution in [3.63, 3.8) is 0 Å². The number of ether oxygens (including phenoxy) is 2. The van der Waals surface area contributed by atoms with Crippen LogP contribution < -0.4 is 21.1 Å². The normalized spacial score (nSPS) is 13.9. The summed E-state index contributed by atoms with van der Waals surface area (Å²) in [7, 11) is 4.66. The maximum Gasteiger partial charge on any atom is 0.254 e. The molecule has 2 aromatic heterocycles. The van der Waals surface area contributed by atoms with E-state index in [1.165, 1.54) is 20.4 Å². The Morgan fingerprint density at radius 1 is 1.24 bits per heavy atom. The molecule has 1 saturated carbocycles. The number of nitrogens with one attached hydrogen (secondary N) is 2. The van der Waals surface area contributed by atoms with Crippen LogP contribution in [-0.2, 0) is 21.4 Å². The van der Waals surface area contributed by atoms with E-state index in [0.717, 1.165) is 0 Å². The number of carbonyl (C=O) groups excluding carboxylic acids is 2. The first kappa shape index (κ1) is 23.2. The lowest BCUT2D eigenvalue weighted by Crippen LogP contribution is -2.29. The van der Waals surface area contributed by atoms with Crippen molar-refractivity contribution in [2.75, 3.05) is 33.2 Å². The molecule has 3 aromatic rings. The number of carbonyl (C=O) groups is 2. The Bertz CT molecular complexity index is 1220. The Morgan fingerprint density at radius 2 is 2.03 bits per heavy atom. The molecule has 0 aliphatic heterocycles. The highest BCUT2D eigenvalue weighted by atomic mass is 16.5. The van der Waals surface area contributed by atoms with Crippen LogP contribution in [0.5, 0.6) is 5.75 Å². The van der Waals surface area contributed by atoms with Crippen molar-refractivity contribution in [1.29, 1.82) is 0 Å². The lowest BCUT2D eigenvalue weighted by Gasteiger charge is -2.18. The fraction of sp³-hybridized carbons (Fsp3) is 0.348. The van der Waals surface area contributed by atoms with Crippen LogP contribution in [0, 0.1) is 0 Å². The van der Waals surface area contributed by atoms with Gasteiger partial charge in [0.2, 0.25) is 17.6 Å². The van der Waals surface area contributed by atoms with Gasteiger partial charge in [0.1, 0.15) is 0 Å². The van der Waals surface area contributed by atoms with E-state index < -0.39 is 11.3 Å². The Kier molecular flexibility index (Phi) is 6.46. The maximum atomic E-state index is 12.5. The lowest BCUT2D eigenvalue weighted by molar-refractivity contribution is -0.120. The Hall–Kier alpha value is -3.99. The molecule has 4 N–H and O–H groups in total. The summed E-state index contributed by atoms with van der Waals surface area (Å²) >= 11 is 0. The zero-order valence-electron chi connectivity index (χ0n) is 19.2. The van der Waals surface area contributed by atoms with Gasteiger partial charge >= 0.3 is 0 Å². The Labute approximate surface area is 196 Å². The third kappa shape index (κ3) is 4.29. The van der Waals surface area contributed by atoms with E-state index in [1.54, 1.807) is 31.4 Å². The fourth-order valence-corrected chi connectivity index (χ4v) is 3.72. The van der Waals surface area contributed by atoms with E-state index in [9.17, 15) is 9.59 Å². The first-order valence-electron chi connectivity index (χ1n) is 10.7. The van der Waals surface area contributed by atoms with Gasteiger partial charge in [0.05, 0.1) is 53.7 Å². The van der Waals surface area contributed by atoms with E-state index >= 15 is 0 Å². The summed E-state index contributed by atoms with van der Waals surface area (Å²) < 4.78 is 16.0. The minimum atomic E-state index is -0.799. The molecule has 1 aliphatic rings. The standard InChI is InChI=1S/C23H26N6O5/c1-25-21(30)14-12-26-17(23(8-9-23)22(24)31)11-16(14)27-15-6-4-5-13(19(15)33-3)20-28-18(34-29-20)7-10-32-2/h4-6,11-12H,7-10H2,1-3H3,(H2,24,31)(H,25,30)(H,26,27). The maximum absolute atomic E-state index is 12.5. The molecule has 0 radical (unpaired) electrons. The van der Waals surface area contributed by atoms with Crippen LogP contribution >= 0.6 is 0 Å². The molecule has 34 heavy (non-hydrogen) atoms. The van der Waals surface area contributed by atoms with Crippen molar-refractivity contribution in [3.8, 4) is 17.1 Å². The highest BCUT2D eigenvalue weighted by Crippen LogP contribution is 2.48. The van der Waals surface area contributed by atoms with Gasteiger partial charge in [0, 0.05) is 20.4 Å². The number of methoxy groups -OCH3 is 2. The van der Waals surface area contributed by atoms with E-state index in [1.807, 2.05) is 0 Å². The molecule has 178 valence electrons. The molecule has 11 nitrogen and oxygen atoms in total. The van der Waals surface area contributed by atoms with Crippen LogP contribution in [0.2, 0.25) is 0 Å². The van der Waals surface area contributed by atoms with Crippen LogP contribution in [0.15, 0.2) is 35.0 Å². The van der Waals surface area contributed by atoms with Gasteiger partial charge in [0.25, 0.3) is 5.91 Å². The molecule has 2 amide bonds. The predicted molar refractivity (Wildman–Crippen MR) is 123 cm³/mol. The molecule has 1 aromatic carbocycles. The van der Waals surface area contributed by atoms with Crippen molar-refractivity contribution in [2.45, 2.75) is 24.7 Å². The number of para-hydroxylation sites is 1. The molecule has 0 spiro atoms. The average molecular weight is 466 g/mol. The molecule has 1 fully saturated rings. The van der Waals surface area contributed by atoms with Crippen molar-refractivity contribution in [2.24, 2.45) is 5.73 Å². The van der Waals surface area contributed by atoms with Crippen LogP contribution in [0.1, 0.15) is 34.8 Å². The van der Waals surface area contributed by atoms with E-state index in [2.05, 4.69) is 25.8 Å². The molecule has 2 heterocycles. The summed E-state index contributed by atoms with van der Waals surface area (Å²) in [6, 6.07) is 7.09. The monoisotopic (exact) mass is 466 g/mol. The third-order valence-corrected chi connectivity index (χ3v) is 5.81. The van der Waals surface area contributed by atoms with E-state index in [-0.39, 0.29) is 5.91 Å². The topological polar surface area (TPSA) is 154 Å². The van der Waals surface area contributed by atoms with Crippen molar-refractivity contribution >= 4 is 23.2 Å². The van der Waals surface area contributed by atoms with Crippen LogP contribution in [0.3, 0.4) is 0 Å². The van der Waals surface area contributed by atoms with Gasteiger partial charge in [-0.3, -0.25) is 14.6 Å². The number of anilines is 2. The number of rotatable bonds is 10. The molecule has 0 bridgehead atoms. The number of nitrogens with zero attached hydrogens (tertiary/aromatic N) is 3. The molecule has 0 atom stereocenters. The van der Waals surface area contributed by atoms with Gasteiger partial charge in [-0.15, -0.1) is 0 Å². The largest absolute Gasteiger partial charge is 0.494 e. The van der Waals surface area contributed by atoms with E-state index in [4.69, 9.17) is 19.7 Å². The second kappa shape index (κ2) is 9.48. The summed E-state index contributed by atoms with van der Waals surface area (Å²) in [5.41, 5.74) is 7.28. The van der Waals surface area contributed by atoms with Gasteiger partial charge in [-0.25, -0.2) is 0 Å². The second-order valence-electron chi connectivity index (χ2n) is 7.91. The quantitative estimate of drug-likeness (QED) is 0.406. The van der Waals surface area contributed by atoms with Gasteiger partial charge in [0.15, 0.2) is 5.75 Å². The Balaban J connectivity index is 1.73. The number of amides is 2. The zero-order valence-corrected chi connectivity index (χ0v) is 19.2. The summed E-state index contributed by atoms with van der Waals surface area (Å²) in [5.74, 6) is 0.498. The van der Waals surface area contributed by atoms with Crippen LogP contribution in [0.4, 0.5) is 11.4 Å². The van der Waals surface area contributed by atoms with Crippen molar-refractivity contribution in [1.82, 2.24) is 20.4 Å². The molecule has 4 rings (SSSR count). The molecule has 1 aliphatic carbocycles. The number of hydrogen-bond donors (Lipinski definition) is 3. The van der Waals surface area contributed by atoms with Gasteiger partial charge in [-0.2, -0.15) is 4.98 Å². The average Bonchev–Trinajstić information content (AvgIpc) is 3.54. The highest BCUT2D eigenvalue weighted by molar-refractivity contribution is 6.00. The summed E-state index contributed by atoms with van der Waals surface area (Å²) in [6.45, 7) is 0.458. The summed E-state index contributed by atoms with van der Waals surface area (Å²) in [6.07, 6.45) is 3.17. The molecule has 0 saturated heterocycles. The minimum absolute atomic E-state index is 0.306. The number of primary amides is 1.